The van der Waals surface area contributed by atoms with Gasteiger partial charge in [0.1, 0.15) is 12.9 Å². The van der Waals surface area contributed by atoms with Gasteiger partial charge in [-0.05, 0) is 29.8 Å². The molecule has 2 heterocycles. The molecule has 1 fully saturated rings. The maximum absolute atomic E-state index is 13.0. The molecule has 0 spiro atoms. The minimum atomic E-state index is 0.0528. The molecule has 0 saturated carbocycles. The van der Waals surface area contributed by atoms with E-state index >= 15 is 0 Å². The van der Waals surface area contributed by atoms with Gasteiger partial charge < -0.3 is 20.3 Å². The third-order valence-electron chi connectivity index (χ3n) is 5.16. The Balaban J connectivity index is 1.36. The van der Waals surface area contributed by atoms with E-state index < -0.39 is 0 Å². The third kappa shape index (κ3) is 4.75. The fourth-order valence-corrected chi connectivity index (χ4v) is 3.51. The van der Waals surface area contributed by atoms with E-state index in [1.165, 1.54) is 12.0 Å². The number of carbonyl (C=O) groups is 1. The summed E-state index contributed by atoms with van der Waals surface area (Å²) in [6, 6.07) is 19.6. The van der Waals surface area contributed by atoms with Crippen molar-refractivity contribution >= 4 is 11.6 Å². The van der Waals surface area contributed by atoms with Gasteiger partial charge in [0.25, 0.3) is 5.91 Å². The van der Waals surface area contributed by atoms with Crippen molar-refractivity contribution in [1.82, 2.24) is 14.9 Å². The summed E-state index contributed by atoms with van der Waals surface area (Å²) in [7, 11) is 0. The van der Waals surface area contributed by atoms with E-state index in [4.69, 9.17) is 10.5 Å². The van der Waals surface area contributed by atoms with E-state index in [0.717, 1.165) is 24.3 Å². The summed E-state index contributed by atoms with van der Waals surface area (Å²) >= 11 is 0. The normalized spacial score (nSPS) is 13.9. The number of piperazine rings is 1. The third-order valence-corrected chi connectivity index (χ3v) is 5.16. The van der Waals surface area contributed by atoms with Crippen LogP contribution in [0, 0.1) is 0 Å². The summed E-state index contributed by atoms with van der Waals surface area (Å²) in [6.45, 7) is 3.73. The molecule has 2 N–H and O–H groups in total. The fraction of sp³-hybridized carbons (Fsp3) is 0.261. The van der Waals surface area contributed by atoms with E-state index in [1.807, 2.05) is 47.4 Å². The lowest BCUT2D eigenvalue weighted by Crippen LogP contribution is -2.48. The number of nitrogens with zero attached hydrogens (tertiary/aromatic N) is 4. The standard InChI is InChI=1S/C23H25N5O2/c24-15-20-14-22(26-17-25-20)30-16-18-5-4-6-19(13-18)23(29)28-11-9-27(10-12-28)21-7-2-1-3-8-21/h1-8,13-14,17H,9-12,15-16,24H2. The number of para-hydroxylation sites is 1. The lowest BCUT2D eigenvalue weighted by Gasteiger charge is -2.36. The molecule has 1 aromatic heterocycles. The zero-order chi connectivity index (χ0) is 20.8. The Morgan fingerprint density at radius 1 is 0.967 bits per heavy atom. The maximum atomic E-state index is 13.0. The van der Waals surface area contributed by atoms with Gasteiger partial charge in [-0.1, -0.05) is 30.3 Å². The lowest BCUT2D eigenvalue weighted by molar-refractivity contribution is 0.0746. The SMILES string of the molecule is NCc1cc(OCc2cccc(C(=O)N3CCN(c4ccccc4)CC3)c2)ncn1. The zero-order valence-electron chi connectivity index (χ0n) is 16.8. The molecule has 2 aromatic carbocycles. The quantitative estimate of drug-likeness (QED) is 0.681. The zero-order valence-corrected chi connectivity index (χ0v) is 16.8. The Morgan fingerprint density at radius 2 is 1.77 bits per heavy atom. The highest BCUT2D eigenvalue weighted by molar-refractivity contribution is 5.94. The van der Waals surface area contributed by atoms with Gasteiger partial charge >= 0.3 is 0 Å². The average molecular weight is 403 g/mol. The van der Waals surface area contributed by atoms with E-state index in [0.29, 0.717) is 37.7 Å². The van der Waals surface area contributed by atoms with Crippen molar-refractivity contribution < 1.29 is 9.53 Å². The number of carbonyl (C=O) groups excluding carboxylic acids is 1. The number of benzene rings is 2. The molecule has 7 heteroatoms. The van der Waals surface area contributed by atoms with Crippen molar-refractivity contribution in [1.29, 1.82) is 0 Å². The van der Waals surface area contributed by atoms with Gasteiger partial charge in [-0.3, -0.25) is 4.79 Å². The molecule has 1 saturated heterocycles. The lowest BCUT2D eigenvalue weighted by atomic mass is 10.1. The monoisotopic (exact) mass is 403 g/mol. The van der Waals surface area contributed by atoms with E-state index in [1.54, 1.807) is 6.07 Å². The summed E-state index contributed by atoms with van der Waals surface area (Å²) in [4.78, 5) is 25.4. The second-order valence-electron chi connectivity index (χ2n) is 7.16. The molecule has 1 aliphatic rings. The van der Waals surface area contributed by atoms with Crippen LogP contribution >= 0.6 is 0 Å². The first-order valence-corrected chi connectivity index (χ1v) is 10.0. The summed E-state index contributed by atoms with van der Waals surface area (Å²) in [5.74, 6) is 0.524. The van der Waals surface area contributed by atoms with E-state index in [-0.39, 0.29) is 5.91 Å². The van der Waals surface area contributed by atoms with Crippen LogP contribution in [0.5, 0.6) is 5.88 Å². The van der Waals surface area contributed by atoms with Crippen LogP contribution in [0.4, 0.5) is 5.69 Å². The summed E-state index contributed by atoms with van der Waals surface area (Å²) in [5.41, 5.74) is 9.11. The molecule has 7 nitrogen and oxygen atoms in total. The molecule has 0 atom stereocenters. The van der Waals surface area contributed by atoms with E-state index in [2.05, 4.69) is 27.0 Å². The van der Waals surface area contributed by atoms with Crippen molar-refractivity contribution in [3.63, 3.8) is 0 Å². The van der Waals surface area contributed by atoms with Gasteiger partial charge in [0.2, 0.25) is 5.88 Å². The first kappa shape index (κ1) is 19.8. The number of aromatic nitrogens is 2. The minimum absolute atomic E-state index is 0.0528. The van der Waals surface area contributed by atoms with Gasteiger partial charge in [-0.25, -0.2) is 9.97 Å². The smallest absolute Gasteiger partial charge is 0.253 e. The number of hydrogen-bond donors (Lipinski definition) is 1. The van der Waals surface area contributed by atoms with Crippen molar-refractivity contribution in [2.24, 2.45) is 5.73 Å². The second kappa shape index (κ2) is 9.37. The Labute approximate surface area is 176 Å². The van der Waals surface area contributed by atoms with E-state index in [9.17, 15) is 4.79 Å². The number of ether oxygens (including phenoxy) is 1. The van der Waals surface area contributed by atoms with Crippen LogP contribution in [0.2, 0.25) is 0 Å². The number of nitrogens with two attached hydrogens (primary N) is 1. The molecule has 3 aromatic rings. The van der Waals surface area contributed by atoms with Crippen molar-refractivity contribution in [3.05, 3.63) is 83.8 Å². The Hall–Kier alpha value is -3.45. The number of hydrogen-bond acceptors (Lipinski definition) is 6. The Bertz CT molecular complexity index is 988. The van der Waals surface area contributed by atoms with Crippen LogP contribution in [0.25, 0.3) is 0 Å². The maximum Gasteiger partial charge on any atom is 0.253 e. The first-order chi connectivity index (χ1) is 14.7. The van der Waals surface area contributed by atoms with Crippen molar-refractivity contribution in [2.45, 2.75) is 13.2 Å². The highest BCUT2D eigenvalue weighted by Crippen LogP contribution is 2.18. The van der Waals surface area contributed by atoms with Gasteiger partial charge in [-0.15, -0.1) is 0 Å². The molecule has 30 heavy (non-hydrogen) atoms. The molecule has 1 amide bonds. The van der Waals surface area contributed by atoms with Gasteiger partial charge in [0, 0.05) is 50.0 Å². The van der Waals surface area contributed by atoms with Crippen LogP contribution < -0.4 is 15.4 Å². The predicted octanol–water partition coefficient (Wildman–Crippen LogP) is 2.48. The molecule has 0 radical (unpaired) electrons. The summed E-state index contributed by atoms with van der Waals surface area (Å²) in [5, 5.41) is 0. The van der Waals surface area contributed by atoms with Crippen molar-refractivity contribution in [3.8, 4) is 5.88 Å². The van der Waals surface area contributed by atoms with Gasteiger partial charge in [-0.2, -0.15) is 0 Å². The van der Waals surface area contributed by atoms with Gasteiger partial charge in [0.15, 0.2) is 0 Å². The topological polar surface area (TPSA) is 84.6 Å². The van der Waals surface area contributed by atoms with Crippen LogP contribution in [0.1, 0.15) is 21.6 Å². The number of amides is 1. The molecule has 0 aliphatic carbocycles. The minimum Gasteiger partial charge on any atom is -0.473 e. The van der Waals surface area contributed by atoms with Crippen molar-refractivity contribution in [2.75, 3.05) is 31.1 Å². The molecule has 0 unspecified atom stereocenters. The Kier molecular flexibility index (Phi) is 6.20. The number of anilines is 1. The molecular formula is C23H25N5O2. The Morgan fingerprint density at radius 3 is 2.53 bits per heavy atom. The average Bonchev–Trinajstić information content (AvgIpc) is 2.83. The number of rotatable bonds is 6. The highest BCUT2D eigenvalue weighted by Gasteiger charge is 2.22. The fourth-order valence-electron chi connectivity index (χ4n) is 3.51. The molecular weight excluding hydrogens is 378 g/mol. The molecule has 154 valence electrons. The summed E-state index contributed by atoms with van der Waals surface area (Å²) < 4.78 is 5.74. The highest BCUT2D eigenvalue weighted by atomic mass is 16.5. The predicted molar refractivity (Wildman–Crippen MR) is 115 cm³/mol. The molecule has 1 aliphatic heterocycles. The second-order valence-corrected chi connectivity index (χ2v) is 7.16. The van der Waals surface area contributed by atoms with Crippen LogP contribution in [0.15, 0.2) is 67.0 Å². The summed E-state index contributed by atoms with van der Waals surface area (Å²) in [6.07, 6.45) is 1.44. The first-order valence-electron chi connectivity index (χ1n) is 10.0. The van der Waals surface area contributed by atoms with Crippen LogP contribution in [-0.2, 0) is 13.2 Å². The largest absolute Gasteiger partial charge is 0.473 e. The molecule has 4 rings (SSSR count). The van der Waals surface area contributed by atoms with Gasteiger partial charge in [0.05, 0.1) is 5.69 Å². The molecule has 0 bridgehead atoms. The van der Waals surface area contributed by atoms with Crippen LogP contribution in [-0.4, -0.2) is 47.0 Å². The van der Waals surface area contributed by atoms with Crippen LogP contribution in [0.3, 0.4) is 0 Å².